The molecule has 0 aliphatic heterocycles. The van der Waals surface area contributed by atoms with Crippen molar-refractivity contribution in [2.24, 2.45) is 4.99 Å². The van der Waals surface area contributed by atoms with Crippen LogP contribution in [0.4, 0.5) is 5.69 Å². The Labute approximate surface area is 135 Å². The van der Waals surface area contributed by atoms with Crippen LogP contribution in [-0.2, 0) is 0 Å². The lowest BCUT2D eigenvalue weighted by atomic mass is 10.1. The predicted octanol–water partition coefficient (Wildman–Crippen LogP) is 4.20. The van der Waals surface area contributed by atoms with E-state index in [-0.39, 0.29) is 5.43 Å². The van der Waals surface area contributed by atoms with Gasteiger partial charge in [-0.2, -0.15) is 0 Å². The van der Waals surface area contributed by atoms with Gasteiger partial charge in [-0.15, -0.1) is 0 Å². The molecule has 23 heavy (non-hydrogen) atoms. The smallest absolute Gasteiger partial charge is 0.190 e. The van der Waals surface area contributed by atoms with Crippen LogP contribution in [0.1, 0.15) is 17.0 Å². The van der Waals surface area contributed by atoms with Gasteiger partial charge < -0.3 is 4.57 Å². The number of aliphatic imine (C=N–C) groups is 1. The molecule has 0 atom stereocenters. The van der Waals surface area contributed by atoms with Crippen LogP contribution in [0.2, 0.25) is 0 Å². The van der Waals surface area contributed by atoms with Crippen molar-refractivity contribution in [3.8, 4) is 5.69 Å². The Morgan fingerprint density at radius 2 is 1.52 bits per heavy atom. The van der Waals surface area contributed by atoms with Gasteiger partial charge in [0.05, 0.1) is 11.3 Å². The molecule has 0 amide bonds. The van der Waals surface area contributed by atoms with Crippen LogP contribution in [0.5, 0.6) is 0 Å². The highest BCUT2D eigenvalue weighted by molar-refractivity contribution is 5.83. The highest BCUT2D eigenvalue weighted by Crippen LogP contribution is 2.16. The summed E-state index contributed by atoms with van der Waals surface area (Å²) in [7, 11) is 0. The molecule has 0 bridgehead atoms. The lowest BCUT2D eigenvalue weighted by molar-refractivity contribution is 0.919. The van der Waals surface area contributed by atoms with Gasteiger partial charge in [-0.3, -0.25) is 9.79 Å². The number of aryl methyl sites for hydroxylation is 1. The molecule has 0 fully saturated rings. The van der Waals surface area contributed by atoms with Crippen molar-refractivity contribution in [3.05, 3.63) is 93.9 Å². The van der Waals surface area contributed by atoms with Crippen LogP contribution in [0.3, 0.4) is 0 Å². The first-order valence-corrected chi connectivity index (χ1v) is 7.54. The van der Waals surface area contributed by atoms with E-state index in [0.29, 0.717) is 5.56 Å². The quantitative estimate of drug-likeness (QED) is 0.667. The Hall–Kier alpha value is -2.94. The lowest BCUT2D eigenvalue weighted by Gasteiger charge is -2.16. The molecular formula is C20H18N2O. The van der Waals surface area contributed by atoms with Crippen molar-refractivity contribution in [2.45, 2.75) is 13.8 Å². The minimum Gasteiger partial charge on any atom is -0.318 e. The van der Waals surface area contributed by atoms with Crippen molar-refractivity contribution in [2.75, 3.05) is 0 Å². The van der Waals surface area contributed by atoms with Gasteiger partial charge in [0.15, 0.2) is 5.43 Å². The van der Waals surface area contributed by atoms with Gasteiger partial charge >= 0.3 is 0 Å². The van der Waals surface area contributed by atoms with Crippen LogP contribution in [0.25, 0.3) is 5.69 Å². The molecule has 0 aliphatic rings. The molecule has 3 heteroatoms. The first-order chi connectivity index (χ1) is 11.2. The van der Waals surface area contributed by atoms with Crippen molar-refractivity contribution in [3.63, 3.8) is 0 Å². The normalized spacial score (nSPS) is 11.0. The molecular weight excluding hydrogens is 284 g/mol. The van der Waals surface area contributed by atoms with Crippen molar-refractivity contribution in [1.82, 2.24) is 4.57 Å². The Balaban J connectivity index is 2.12. The van der Waals surface area contributed by atoms with Crippen molar-refractivity contribution < 1.29 is 0 Å². The molecule has 3 aromatic rings. The third-order valence-corrected chi connectivity index (χ3v) is 3.80. The number of pyridine rings is 1. The molecule has 0 saturated heterocycles. The van der Waals surface area contributed by atoms with Gasteiger partial charge in [0, 0.05) is 29.4 Å². The zero-order valence-corrected chi connectivity index (χ0v) is 13.2. The van der Waals surface area contributed by atoms with Crippen molar-refractivity contribution >= 4 is 11.9 Å². The van der Waals surface area contributed by atoms with E-state index in [2.05, 4.69) is 9.56 Å². The van der Waals surface area contributed by atoms with Gasteiger partial charge in [0.2, 0.25) is 0 Å². The number of nitrogens with zero attached hydrogens (tertiary/aromatic N) is 2. The molecule has 0 radical (unpaired) electrons. The van der Waals surface area contributed by atoms with Gasteiger partial charge in [0.1, 0.15) is 0 Å². The summed E-state index contributed by atoms with van der Waals surface area (Å²) in [4.78, 5) is 16.8. The molecule has 2 aromatic carbocycles. The van der Waals surface area contributed by atoms with Crippen LogP contribution >= 0.6 is 0 Å². The number of aromatic nitrogens is 1. The van der Waals surface area contributed by atoms with E-state index < -0.39 is 0 Å². The molecule has 3 nitrogen and oxygen atoms in total. The average molecular weight is 302 g/mol. The van der Waals surface area contributed by atoms with E-state index >= 15 is 0 Å². The lowest BCUT2D eigenvalue weighted by Crippen LogP contribution is -2.18. The number of hydrogen-bond donors (Lipinski definition) is 0. The summed E-state index contributed by atoms with van der Waals surface area (Å²) < 4.78 is 2.08. The van der Waals surface area contributed by atoms with Gasteiger partial charge in [-0.1, -0.05) is 36.4 Å². The van der Waals surface area contributed by atoms with E-state index in [9.17, 15) is 4.79 Å². The van der Waals surface area contributed by atoms with E-state index in [0.717, 1.165) is 22.8 Å². The fraction of sp³-hybridized carbons (Fsp3) is 0.100. The van der Waals surface area contributed by atoms with Crippen LogP contribution in [-0.4, -0.2) is 10.8 Å². The summed E-state index contributed by atoms with van der Waals surface area (Å²) in [5, 5.41) is 0. The van der Waals surface area contributed by atoms with Gasteiger partial charge in [-0.25, -0.2) is 0 Å². The van der Waals surface area contributed by atoms with E-state index in [4.69, 9.17) is 0 Å². The molecule has 0 unspecified atom stereocenters. The molecule has 0 aliphatic carbocycles. The zero-order chi connectivity index (χ0) is 16.2. The van der Waals surface area contributed by atoms with Crippen LogP contribution in [0, 0.1) is 13.8 Å². The standard InChI is InChI=1S/C20H18N2O/c1-15-13-20(23)19(14-21-17-9-5-3-6-10-17)16(2)22(15)18-11-7-4-8-12-18/h3-14H,1-2H3. The predicted molar refractivity (Wildman–Crippen MR) is 95.2 cm³/mol. The Morgan fingerprint density at radius 3 is 2.17 bits per heavy atom. The summed E-state index contributed by atoms with van der Waals surface area (Å²) in [6, 6.07) is 21.3. The zero-order valence-electron chi connectivity index (χ0n) is 13.2. The number of para-hydroxylation sites is 2. The van der Waals surface area contributed by atoms with Gasteiger partial charge in [0.25, 0.3) is 0 Å². The Kier molecular flexibility index (Phi) is 4.20. The summed E-state index contributed by atoms with van der Waals surface area (Å²) in [6.07, 6.45) is 1.66. The van der Waals surface area contributed by atoms with Crippen LogP contribution in [0.15, 0.2) is 76.5 Å². The minimum atomic E-state index is -0.00753. The first-order valence-electron chi connectivity index (χ1n) is 7.54. The molecule has 0 N–H and O–H groups in total. The number of hydrogen-bond acceptors (Lipinski definition) is 2. The summed E-state index contributed by atoms with van der Waals surface area (Å²) >= 11 is 0. The molecule has 114 valence electrons. The van der Waals surface area contributed by atoms with E-state index in [1.165, 1.54) is 0 Å². The average Bonchev–Trinajstić information content (AvgIpc) is 2.56. The van der Waals surface area contributed by atoms with Crippen LogP contribution < -0.4 is 5.43 Å². The van der Waals surface area contributed by atoms with E-state index in [1.807, 2.05) is 74.5 Å². The fourth-order valence-electron chi connectivity index (χ4n) is 2.68. The summed E-state index contributed by atoms with van der Waals surface area (Å²) in [5.41, 5.74) is 4.28. The highest BCUT2D eigenvalue weighted by atomic mass is 16.1. The molecule has 3 rings (SSSR count). The number of rotatable bonds is 3. The molecule has 1 aromatic heterocycles. The second-order valence-electron chi connectivity index (χ2n) is 5.41. The van der Waals surface area contributed by atoms with Gasteiger partial charge in [-0.05, 0) is 38.1 Å². The maximum atomic E-state index is 12.4. The third kappa shape index (κ3) is 3.14. The second kappa shape index (κ2) is 6.44. The summed E-state index contributed by atoms with van der Waals surface area (Å²) in [5.74, 6) is 0. The summed E-state index contributed by atoms with van der Waals surface area (Å²) in [6.45, 7) is 3.90. The molecule has 0 saturated carbocycles. The van der Waals surface area contributed by atoms with E-state index in [1.54, 1.807) is 12.3 Å². The first kappa shape index (κ1) is 15.0. The second-order valence-corrected chi connectivity index (χ2v) is 5.41. The maximum Gasteiger partial charge on any atom is 0.190 e. The number of benzene rings is 2. The SMILES string of the molecule is Cc1cc(=O)c(C=Nc2ccccc2)c(C)n1-c1ccccc1. The maximum absolute atomic E-state index is 12.4. The largest absolute Gasteiger partial charge is 0.318 e. The fourth-order valence-corrected chi connectivity index (χ4v) is 2.68. The minimum absolute atomic E-state index is 0.00753. The Morgan fingerprint density at radius 1 is 0.913 bits per heavy atom. The topological polar surface area (TPSA) is 34.4 Å². The Bertz CT molecular complexity index is 894. The molecule has 0 spiro atoms. The highest BCUT2D eigenvalue weighted by Gasteiger charge is 2.10. The third-order valence-electron chi connectivity index (χ3n) is 3.80. The monoisotopic (exact) mass is 302 g/mol. The molecule has 1 heterocycles. The van der Waals surface area contributed by atoms with Crippen molar-refractivity contribution in [1.29, 1.82) is 0 Å².